The van der Waals surface area contributed by atoms with Crippen LogP contribution in [-0.4, -0.2) is 4.57 Å². The van der Waals surface area contributed by atoms with Gasteiger partial charge in [-0.25, -0.2) is 8.78 Å². The molecular formula is C18H11F2N. The van der Waals surface area contributed by atoms with Gasteiger partial charge in [-0.3, -0.25) is 0 Å². The lowest BCUT2D eigenvalue weighted by molar-refractivity contribution is 0.579. The second kappa shape index (κ2) is 4.42. The van der Waals surface area contributed by atoms with Crippen LogP contribution in [-0.2, 0) is 0 Å². The van der Waals surface area contributed by atoms with E-state index in [1.165, 1.54) is 12.1 Å². The molecule has 0 bridgehead atoms. The first-order chi connectivity index (χ1) is 10.3. The molecule has 0 aliphatic carbocycles. The van der Waals surface area contributed by atoms with Crippen molar-refractivity contribution in [1.82, 2.24) is 4.57 Å². The molecule has 102 valence electrons. The van der Waals surface area contributed by atoms with Gasteiger partial charge in [-0.15, -0.1) is 0 Å². The van der Waals surface area contributed by atoms with Gasteiger partial charge in [-0.1, -0.05) is 36.4 Å². The van der Waals surface area contributed by atoms with Gasteiger partial charge in [0.15, 0.2) is 0 Å². The average molecular weight is 279 g/mol. The lowest BCUT2D eigenvalue weighted by Gasteiger charge is -2.08. The lowest BCUT2D eigenvalue weighted by Crippen LogP contribution is -1.98. The van der Waals surface area contributed by atoms with E-state index < -0.39 is 11.6 Å². The maximum atomic E-state index is 14.2. The Kier molecular flexibility index (Phi) is 2.54. The smallest absolute Gasteiger partial charge is 0.150 e. The van der Waals surface area contributed by atoms with E-state index in [1.54, 1.807) is 0 Å². The molecule has 0 atom stereocenters. The van der Waals surface area contributed by atoms with Crippen LogP contribution in [0.2, 0.25) is 0 Å². The Morgan fingerprint density at radius 3 is 1.81 bits per heavy atom. The van der Waals surface area contributed by atoms with E-state index in [0.29, 0.717) is 5.69 Å². The van der Waals surface area contributed by atoms with Gasteiger partial charge in [-0.05, 0) is 24.3 Å². The van der Waals surface area contributed by atoms with Crippen LogP contribution in [0, 0.1) is 11.6 Å². The predicted octanol–water partition coefficient (Wildman–Crippen LogP) is 5.06. The van der Waals surface area contributed by atoms with Crippen LogP contribution in [0.3, 0.4) is 0 Å². The summed E-state index contributed by atoms with van der Waals surface area (Å²) in [5, 5.41) is 2.11. The second-order valence-corrected chi connectivity index (χ2v) is 4.97. The molecule has 3 aromatic carbocycles. The molecule has 0 amide bonds. The molecule has 0 radical (unpaired) electrons. The quantitative estimate of drug-likeness (QED) is 0.459. The van der Waals surface area contributed by atoms with Crippen molar-refractivity contribution in [3.63, 3.8) is 0 Å². The van der Waals surface area contributed by atoms with E-state index in [4.69, 9.17) is 0 Å². The topological polar surface area (TPSA) is 4.93 Å². The molecule has 4 aromatic rings. The SMILES string of the molecule is Fc1ccc(-n2c3ccccc3c3ccccc32)c(F)c1. The van der Waals surface area contributed by atoms with Crippen LogP contribution < -0.4 is 0 Å². The van der Waals surface area contributed by atoms with Crippen molar-refractivity contribution in [3.05, 3.63) is 78.4 Å². The highest BCUT2D eigenvalue weighted by molar-refractivity contribution is 6.09. The molecule has 0 aliphatic heterocycles. The van der Waals surface area contributed by atoms with E-state index in [-0.39, 0.29) is 0 Å². The van der Waals surface area contributed by atoms with E-state index >= 15 is 0 Å². The molecule has 21 heavy (non-hydrogen) atoms. The number of aromatic nitrogens is 1. The number of fused-ring (bicyclic) bond motifs is 3. The van der Waals surface area contributed by atoms with Crippen LogP contribution in [0.15, 0.2) is 66.7 Å². The van der Waals surface area contributed by atoms with Crippen molar-refractivity contribution in [2.45, 2.75) is 0 Å². The van der Waals surface area contributed by atoms with E-state index in [2.05, 4.69) is 0 Å². The zero-order valence-corrected chi connectivity index (χ0v) is 11.1. The summed E-state index contributed by atoms with van der Waals surface area (Å²) in [6, 6.07) is 19.3. The Balaban J connectivity index is 2.20. The molecule has 0 aliphatic rings. The highest BCUT2D eigenvalue weighted by Crippen LogP contribution is 2.32. The maximum Gasteiger partial charge on any atom is 0.150 e. The number of benzene rings is 3. The number of hydrogen-bond acceptors (Lipinski definition) is 0. The lowest BCUT2D eigenvalue weighted by atomic mass is 10.2. The number of para-hydroxylation sites is 2. The van der Waals surface area contributed by atoms with Crippen molar-refractivity contribution in [2.24, 2.45) is 0 Å². The van der Waals surface area contributed by atoms with Gasteiger partial charge >= 0.3 is 0 Å². The zero-order chi connectivity index (χ0) is 14.4. The highest BCUT2D eigenvalue weighted by atomic mass is 19.1. The zero-order valence-electron chi connectivity index (χ0n) is 11.1. The third kappa shape index (κ3) is 1.74. The number of nitrogens with zero attached hydrogens (tertiary/aromatic N) is 1. The second-order valence-electron chi connectivity index (χ2n) is 4.97. The molecule has 0 saturated carbocycles. The van der Waals surface area contributed by atoms with Crippen molar-refractivity contribution in [1.29, 1.82) is 0 Å². The van der Waals surface area contributed by atoms with Gasteiger partial charge in [0.25, 0.3) is 0 Å². The summed E-state index contributed by atoms with van der Waals surface area (Å²) >= 11 is 0. The maximum absolute atomic E-state index is 14.2. The van der Waals surface area contributed by atoms with Crippen molar-refractivity contribution in [3.8, 4) is 5.69 Å². The van der Waals surface area contributed by atoms with Crippen molar-refractivity contribution in [2.75, 3.05) is 0 Å². The minimum absolute atomic E-state index is 0.355. The molecule has 3 heteroatoms. The summed E-state index contributed by atoms with van der Waals surface area (Å²) < 4.78 is 29.2. The fourth-order valence-electron chi connectivity index (χ4n) is 2.84. The minimum atomic E-state index is -0.572. The van der Waals surface area contributed by atoms with E-state index in [1.807, 2.05) is 53.1 Å². The van der Waals surface area contributed by atoms with E-state index in [9.17, 15) is 8.78 Å². The Labute approximate surface area is 120 Å². The number of halogens is 2. The minimum Gasteiger partial charge on any atom is -0.306 e. The summed E-state index contributed by atoms with van der Waals surface area (Å²) in [5.74, 6) is -1.14. The standard InChI is InChI=1S/C18H11F2N/c19-12-9-10-18(15(20)11-12)21-16-7-3-1-5-13(16)14-6-2-4-8-17(14)21/h1-11H. The van der Waals surface area contributed by atoms with Crippen LogP contribution in [0.4, 0.5) is 8.78 Å². The first-order valence-corrected chi connectivity index (χ1v) is 6.69. The first kappa shape index (κ1) is 12.1. The van der Waals surface area contributed by atoms with Crippen LogP contribution >= 0.6 is 0 Å². The fraction of sp³-hybridized carbons (Fsp3) is 0. The first-order valence-electron chi connectivity index (χ1n) is 6.69. The van der Waals surface area contributed by atoms with Gasteiger partial charge in [0.05, 0.1) is 16.7 Å². The van der Waals surface area contributed by atoms with Gasteiger partial charge in [-0.2, -0.15) is 0 Å². The molecule has 1 nitrogen and oxygen atoms in total. The highest BCUT2D eigenvalue weighted by Gasteiger charge is 2.14. The third-order valence-corrected chi connectivity index (χ3v) is 3.73. The Bertz CT molecular complexity index is 916. The van der Waals surface area contributed by atoms with Crippen molar-refractivity contribution < 1.29 is 8.78 Å². The van der Waals surface area contributed by atoms with E-state index in [0.717, 1.165) is 27.9 Å². The number of rotatable bonds is 1. The molecule has 0 saturated heterocycles. The monoisotopic (exact) mass is 279 g/mol. The molecule has 0 spiro atoms. The summed E-state index contributed by atoms with van der Waals surface area (Å²) in [5.41, 5.74) is 2.17. The molecule has 1 aromatic heterocycles. The summed E-state index contributed by atoms with van der Waals surface area (Å²) in [6.07, 6.45) is 0. The van der Waals surface area contributed by atoms with Gasteiger partial charge in [0.1, 0.15) is 11.6 Å². The Hall–Kier alpha value is -2.68. The van der Waals surface area contributed by atoms with Crippen LogP contribution in [0.1, 0.15) is 0 Å². The Morgan fingerprint density at radius 2 is 1.24 bits per heavy atom. The Morgan fingerprint density at radius 1 is 0.667 bits per heavy atom. The van der Waals surface area contributed by atoms with Gasteiger partial charge in [0, 0.05) is 16.8 Å². The van der Waals surface area contributed by atoms with Gasteiger partial charge in [0.2, 0.25) is 0 Å². The van der Waals surface area contributed by atoms with Crippen LogP contribution in [0.5, 0.6) is 0 Å². The fourth-order valence-corrected chi connectivity index (χ4v) is 2.84. The molecule has 0 unspecified atom stereocenters. The predicted molar refractivity (Wildman–Crippen MR) is 80.7 cm³/mol. The summed E-state index contributed by atoms with van der Waals surface area (Å²) in [7, 11) is 0. The molecule has 0 N–H and O–H groups in total. The van der Waals surface area contributed by atoms with Gasteiger partial charge < -0.3 is 4.57 Å². The average Bonchev–Trinajstić information content (AvgIpc) is 2.82. The van der Waals surface area contributed by atoms with Crippen LogP contribution in [0.25, 0.3) is 27.5 Å². The number of hydrogen-bond donors (Lipinski definition) is 0. The third-order valence-electron chi connectivity index (χ3n) is 3.73. The molecule has 0 fully saturated rings. The molecule has 1 heterocycles. The summed E-state index contributed by atoms with van der Waals surface area (Å²) in [6.45, 7) is 0. The summed E-state index contributed by atoms with van der Waals surface area (Å²) in [4.78, 5) is 0. The molecular weight excluding hydrogens is 268 g/mol. The molecule has 4 rings (SSSR count). The normalized spacial score (nSPS) is 11.3. The van der Waals surface area contributed by atoms with Crippen molar-refractivity contribution >= 4 is 21.8 Å². The largest absolute Gasteiger partial charge is 0.306 e.